The summed E-state index contributed by atoms with van der Waals surface area (Å²) in [4.78, 5) is 9.87. The van der Waals surface area contributed by atoms with Gasteiger partial charge in [-0.2, -0.15) is 5.10 Å². The van der Waals surface area contributed by atoms with Gasteiger partial charge >= 0.3 is 0 Å². The maximum absolute atomic E-state index is 9.87. The minimum atomic E-state index is -0.132. The second-order valence-electron chi connectivity index (χ2n) is 2.33. The predicted molar refractivity (Wildman–Crippen MR) is 54.9 cm³/mol. The minimum absolute atomic E-state index is 0.130. The summed E-state index contributed by atoms with van der Waals surface area (Å²) in [6.07, 6.45) is 1.64. The van der Waals surface area contributed by atoms with E-state index in [1.165, 1.54) is 18.3 Å². The van der Waals surface area contributed by atoms with Gasteiger partial charge in [-0.15, -0.1) is 0 Å². The molecule has 0 saturated carbocycles. The molecule has 0 aliphatic carbocycles. The number of carbonyl (C=O) groups excluding carboxylic acids is 1. The second kappa shape index (κ2) is 4.83. The molecule has 1 aromatic carbocycles. The molecule has 0 bridgehead atoms. The molecule has 2 N–H and O–H groups in total. The third kappa shape index (κ3) is 2.61. The van der Waals surface area contributed by atoms with Crippen LogP contribution >= 0.6 is 23.2 Å². The van der Waals surface area contributed by atoms with Gasteiger partial charge in [0.2, 0.25) is 6.41 Å². The fourth-order valence-corrected chi connectivity index (χ4v) is 1.33. The molecule has 0 unspecified atom stereocenters. The Labute approximate surface area is 90.1 Å². The van der Waals surface area contributed by atoms with Gasteiger partial charge in [-0.25, -0.2) is 5.43 Å². The van der Waals surface area contributed by atoms with Gasteiger partial charge < -0.3 is 5.11 Å². The maximum atomic E-state index is 9.87. The lowest BCUT2D eigenvalue weighted by atomic mass is 10.2. The summed E-state index contributed by atoms with van der Waals surface area (Å²) < 4.78 is 0. The molecule has 0 aromatic heterocycles. The van der Waals surface area contributed by atoms with Gasteiger partial charge in [0, 0.05) is 10.6 Å². The molecule has 0 aliphatic heterocycles. The van der Waals surface area contributed by atoms with Crippen LogP contribution in [0.2, 0.25) is 10.0 Å². The maximum Gasteiger partial charge on any atom is 0.227 e. The number of nitrogens with zero attached hydrogens (tertiary/aromatic N) is 1. The number of amides is 1. The van der Waals surface area contributed by atoms with E-state index < -0.39 is 0 Å². The van der Waals surface area contributed by atoms with Crippen LogP contribution in [0, 0.1) is 0 Å². The first-order chi connectivity index (χ1) is 6.65. The van der Waals surface area contributed by atoms with Crippen molar-refractivity contribution >= 4 is 35.8 Å². The highest BCUT2D eigenvalue weighted by molar-refractivity contribution is 6.36. The van der Waals surface area contributed by atoms with Crippen molar-refractivity contribution in [1.29, 1.82) is 0 Å². The predicted octanol–water partition coefficient (Wildman–Crippen LogP) is 1.78. The van der Waals surface area contributed by atoms with E-state index in [1.54, 1.807) is 0 Å². The van der Waals surface area contributed by atoms with Crippen molar-refractivity contribution < 1.29 is 9.90 Å². The highest BCUT2D eigenvalue weighted by Gasteiger charge is 2.05. The van der Waals surface area contributed by atoms with Crippen LogP contribution < -0.4 is 5.43 Å². The first-order valence-corrected chi connectivity index (χ1v) is 4.31. The first-order valence-electron chi connectivity index (χ1n) is 3.55. The molecule has 0 aliphatic rings. The number of nitrogens with one attached hydrogen (secondary N) is 1. The average Bonchev–Trinajstić information content (AvgIpc) is 2.13. The Morgan fingerprint density at radius 3 is 2.79 bits per heavy atom. The monoisotopic (exact) mass is 232 g/mol. The SMILES string of the molecule is O=CN/N=C\c1cc(Cl)cc(Cl)c1O. The van der Waals surface area contributed by atoms with Crippen LogP contribution in [0.3, 0.4) is 0 Å². The molecule has 1 rings (SSSR count). The Hall–Kier alpha value is -1.26. The van der Waals surface area contributed by atoms with E-state index in [0.717, 1.165) is 0 Å². The van der Waals surface area contributed by atoms with E-state index in [2.05, 4.69) is 10.5 Å². The third-order valence-electron chi connectivity index (χ3n) is 1.39. The molecule has 1 amide bonds. The summed E-state index contributed by atoms with van der Waals surface area (Å²) in [5.74, 6) is -0.132. The van der Waals surface area contributed by atoms with E-state index in [-0.39, 0.29) is 10.8 Å². The van der Waals surface area contributed by atoms with Crippen molar-refractivity contribution in [2.24, 2.45) is 5.10 Å². The lowest BCUT2D eigenvalue weighted by Crippen LogP contribution is -2.00. The third-order valence-corrected chi connectivity index (χ3v) is 1.89. The lowest BCUT2D eigenvalue weighted by molar-refractivity contribution is -0.109. The average molecular weight is 233 g/mol. The number of phenolic OH excluding ortho intramolecular Hbond substituents is 1. The molecular formula is C8H6Cl2N2O2. The van der Waals surface area contributed by atoms with Crippen molar-refractivity contribution in [3.05, 3.63) is 27.7 Å². The highest BCUT2D eigenvalue weighted by Crippen LogP contribution is 2.29. The Kier molecular flexibility index (Phi) is 3.73. The topological polar surface area (TPSA) is 61.7 Å². The van der Waals surface area contributed by atoms with Gasteiger partial charge in [-0.3, -0.25) is 4.79 Å². The number of rotatable bonds is 3. The molecule has 0 fully saturated rings. The van der Waals surface area contributed by atoms with Crippen molar-refractivity contribution in [1.82, 2.24) is 5.43 Å². The zero-order chi connectivity index (χ0) is 10.6. The number of phenols is 1. The number of benzene rings is 1. The van der Waals surface area contributed by atoms with Crippen molar-refractivity contribution in [3.8, 4) is 5.75 Å². The summed E-state index contributed by atoms with van der Waals surface area (Å²) in [6.45, 7) is 0. The molecule has 6 heteroatoms. The molecule has 0 saturated heterocycles. The Balaban J connectivity index is 3.01. The largest absolute Gasteiger partial charge is 0.506 e. The summed E-state index contributed by atoms with van der Waals surface area (Å²) >= 11 is 11.3. The fraction of sp³-hybridized carbons (Fsp3) is 0. The van der Waals surface area contributed by atoms with Crippen LogP contribution in [-0.2, 0) is 4.79 Å². The van der Waals surface area contributed by atoms with Crippen LogP contribution in [0.15, 0.2) is 17.2 Å². The van der Waals surface area contributed by atoms with Crippen LogP contribution in [0.4, 0.5) is 0 Å². The summed E-state index contributed by atoms with van der Waals surface area (Å²) in [5, 5.41) is 13.4. The number of hydrogen-bond acceptors (Lipinski definition) is 3. The van der Waals surface area contributed by atoms with Gasteiger partial charge in [0.05, 0.1) is 11.2 Å². The zero-order valence-corrected chi connectivity index (χ0v) is 8.38. The Bertz CT molecular complexity index is 380. The highest BCUT2D eigenvalue weighted by atomic mass is 35.5. The molecule has 0 radical (unpaired) electrons. The Morgan fingerprint density at radius 1 is 1.43 bits per heavy atom. The normalized spacial score (nSPS) is 10.4. The van der Waals surface area contributed by atoms with E-state index in [9.17, 15) is 9.90 Å². The molecule has 0 heterocycles. The number of halogens is 2. The van der Waals surface area contributed by atoms with Crippen LogP contribution in [0.5, 0.6) is 5.75 Å². The summed E-state index contributed by atoms with van der Waals surface area (Å²) in [6, 6.07) is 2.88. The lowest BCUT2D eigenvalue weighted by Gasteiger charge is -2.01. The smallest absolute Gasteiger partial charge is 0.227 e. The first kappa shape index (κ1) is 10.8. The molecular weight excluding hydrogens is 227 g/mol. The Morgan fingerprint density at radius 2 is 2.14 bits per heavy atom. The number of aromatic hydroxyl groups is 1. The molecule has 0 atom stereocenters. The standard InChI is InChI=1S/C8H6Cl2N2O2/c9-6-1-5(3-11-12-4-13)8(14)7(10)2-6/h1-4,14H,(H,12,13)/b11-3-. The zero-order valence-electron chi connectivity index (χ0n) is 6.87. The van der Waals surface area contributed by atoms with Gasteiger partial charge in [0.1, 0.15) is 5.75 Å². The number of hydrogen-bond donors (Lipinski definition) is 2. The molecule has 0 spiro atoms. The molecule has 1 aromatic rings. The van der Waals surface area contributed by atoms with Crippen LogP contribution in [-0.4, -0.2) is 17.7 Å². The molecule has 4 nitrogen and oxygen atoms in total. The van der Waals surface area contributed by atoms with E-state index >= 15 is 0 Å². The minimum Gasteiger partial charge on any atom is -0.506 e. The quantitative estimate of drug-likeness (QED) is 0.474. The van der Waals surface area contributed by atoms with Crippen molar-refractivity contribution in [2.75, 3.05) is 0 Å². The number of carbonyl (C=O) groups is 1. The van der Waals surface area contributed by atoms with Gasteiger partial charge in [-0.1, -0.05) is 23.2 Å². The second-order valence-corrected chi connectivity index (χ2v) is 3.17. The molecule has 74 valence electrons. The van der Waals surface area contributed by atoms with Gasteiger partial charge in [-0.05, 0) is 12.1 Å². The van der Waals surface area contributed by atoms with E-state index in [0.29, 0.717) is 17.0 Å². The van der Waals surface area contributed by atoms with Crippen molar-refractivity contribution in [2.45, 2.75) is 0 Å². The van der Waals surface area contributed by atoms with E-state index in [4.69, 9.17) is 23.2 Å². The number of hydrazone groups is 1. The fourth-order valence-electron chi connectivity index (χ4n) is 0.822. The van der Waals surface area contributed by atoms with Crippen molar-refractivity contribution in [3.63, 3.8) is 0 Å². The van der Waals surface area contributed by atoms with Crippen LogP contribution in [0.1, 0.15) is 5.56 Å². The van der Waals surface area contributed by atoms with Crippen LogP contribution in [0.25, 0.3) is 0 Å². The van der Waals surface area contributed by atoms with Gasteiger partial charge in [0.25, 0.3) is 0 Å². The van der Waals surface area contributed by atoms with E-state index in [1.807, 2.05) is 0 Å². The summed E-state index contributed by atoms with van der Waals surface area (Å²) in [5.41, 5.74) is 2.38. The van der Waals surface area contributed by atoms with Gasteiger partial charge in [0.15, 0.2) is 0 Å². The summed E-state index contributed by atoms with van der Waals surface area (Å²) in [7, 11) is 0. The molecule has 14 heavy (non-hydrogen) atoms.